The molecule has 25 heavy (non-hydrogen) atoms. The lowest BCUT2D eigenvalue weighted by atomic mass is 9.78. The van der Waals surface area contributed by atoms with Crippen molar-refractivity contribution in [3.05, 3.63) is 59.7 Å². The van der Waals surface area contributed by atoms with Gasteiger partial charge in [-0.3, -0.25) is 0 Å². The predicted octanol–water partition coefficient (Wildman–Crippen LogP) is 3.53. The lowest BCUT2D eigenvalue weighted by Crippen LogP contribution is -2.64. The molecule has 2 bridgehead atoms. The average Bonchev–Trinajstić information content (AvgIpc) is 2.93. The maximum atomic E-state index is 12.5. The second-order valence-electron chi connectivity index (χ2n) is 7.38. The number of nitrogens with zero attached hydrogens (tertiary/aromatic N) is 1. The fourth-order valence-electron chi connectivity index (χ4n) is 4.81. The first-order chi connectivity index (χ1) is 12.2. The van der Waals surface area contributed by atoms with Gasteiger partial charge in [0.1, 0.15) is 6.61 Å². The minimum atomic E-state index is -0.263. The minimum Gasteiger partial charge on any atom is -0.448 e. The van der Waals surface area contributed by atoms with Gasteiger partial charge in [0.05, 0.1) is 6.10 Å². The van der Waals surface area contributed by atoms with Gasteiger partial charge in [-0.1, -0.05) is 48.5 Å². The van der Waals surface area contributed by atoms with Gasteiger partial charge < -0.3 is 14.7 Å². The number of benzene rings is 2. The number of ether oxygens (including phenoxy) is 1. The zero-order chi connectivity index (χ0) is 17.0. The van der Waals surface area contributed by atoms with E-state index in [9.17, 15) is 9.90 Å². The summed E-state index contributed by atoms with van der Waals surface area (Å²) in [5, 5.41) is 9.75. The summed E-state index contributed by atoms with van der Waals surface area (Å²) in [5.74, 6) is 0.100. The Kier molecular flexibility index (Phi) is 3.35. The van der Waals surface area contributed by atoms with Gasteiger partial charge in [0.25, 0.3) is 0 Å². The van der Waals surface area contributed by atoms with Crippen molar-refractivity contribution in [3.63, 3.8) is 0 Å². The second-order valence-corrected chi connectivity index (χ2v) is 7.38. The van der Waals surface area contributed by atoms with Gasteiger partial charge in [0.2, 0.25) is 0 Å². The SMILES string of the molecule is O=C(OCC1c2ccccc2-c2ccccc21)N1[C@@H]2CC(O)C[C@H]1C2. The van der Waals surface area contributed by atoms with Crippen LogP contribution in [0.5, 0.6) is 0 Å². The molecule has 2 fully saturated rings. The Bertz CT molecular complexity index is 776. The molecule has 2 aromatic rings. The van der Waals surface area contributed by atoms with E-state index in [1.807, 2.05) is 17.0 Å². The molecule has 4 nitrogen and oxygen atoms in total. The second kappa shape index (κ2) is 5.60. The van der Waals surface area contributed by atoms with E-state index in [2.05, 4.69) is 36.4 Å². The summed E-state index contributed by atoms with van der Waals surface area (Å²) in [5.41, 5.74) is 4.94. The summed E-state index contributed by atoms with van der Waals surface area (Å²) < 4.78 is 5.72. The zero-order valence-corrected chi connectivity index (χ0v) is 14.0. The Morgan fingerprint density at radius 2 is 1.52 bits per heavy atom. The Hall–Kier alpha value is -2.33. The molecule has 3 aliphatic rings. The fraction of sp³-hybridized carbons (Fsp3) is 0.381. The number of carbonyl (C=O) groups is 1. The van der Waals surface area contributed by atoms with Crippen LogP contribution >= 0.6 is 0 Å². The quantitative estimate of drug-likeness (QED) is 0.913. The van der Waals surface area contributed by atoms with Crippen LogP contribution in [0, 0.1) is 0 Å². The first-order valence-corrected chi connectivity index (χ1v) is 9.03. The number of fused-ring (bicyclic) bond motifs is 5. The number of carbonyl (C=O) groups excluding carboxylic acids is 1. The first kappa shape index (κ1) is 15.0. The van der Waals surface area contributed by atoms with Crippen molar-refractivity contribution in [2.45, 2.75) is 43.4 Å². The summed E-state index contributed by atoms with van der Waals surface area (Å²) >= 11 is 0. The summed E-state index contributed by atoms with van der Waals surface area (Å²) in [6.45, 7) is 0.366. The van der Waals surface area contributed by atoms with Crippen LogP contribution in [0.15, 0.2) is 48.5 Å². The number of hydrogen-bond donors (Lipinski definition) is 1. The summed E-state index contributed by atoms with van der Waals surface area (Å²) in [4.78, 5) is 14.4. The molecule has 2 aromatic carbocycles. The van der Waals surface area contributed by atoms with Crippen molar-refractivity contribution in [3.8, 4) is 11.1 Å². The van der Waals surface area contributed by atoms with Crippen LogP contribution in [0.4, 0.5) is 4.79 Å². The summed E-state index contributed by atoms with van der Waals surface area (Å²) in [6, 6.07) is 17.0. The molecule has 2 aliphatic heterocycles. The van der Waals surface area contributed by atoms with E-state index in [1.165, 1.54) is 22.3 Å². The molecule has 1 amide bonds. The molecule has 2 heterocycles. The van der Waals surface area contributed by atoms with Crippen LogP contribution in [0.25, 0.3) is 11.1 Å². The predicted molar refractivity (Wildman–Crippen MR) is 94.3 cm³/mol. The number of piperidine rings is 1. The molecule has 1 N–H and O–H groups in total. The molecule has 0 aromatic heterocycles. The van der Waals surface area contributed by atoms with E-state index < -0.39 is 0 Å². The maximum Gasteiger partial charge on any atom is 0.410 e. The highest BCUT2D eigenvalue weighted by molar-refractivity contribution is 5.79. The van der Waals surface area contributed by atoms with E-state index in [0.29, 0.717) is 19.4 Å². The van der Waals surface area contributed by atoms with E-state index in [-0.39, 0.29) is 30.2 Å². The molecule has 1 unspecified atom stereocenters. The van der Waals surface area contributed by atoms with Crippen molar-refractivity contribution >= 4 is 6.09 Å². The largest absolute Gasteiger partial charge is 0.448 e. The molecule has 0 spiro atoms. The molecule has 0 radical (unpaired) electrons. The highest BCUT2D eigenvalue weighted by Gasteiger charge is 2.48. The third-order valence-corrected chi connectivity index (χ3v) is 5.97. The minimum absolute atomic E-state index is 0.100. The van der Waals surface area contributed by atoms with Gasteiger partial charge in [-0.25, -0.2) is 4.79 Å². The number of rotatable bonds is 2. The lowest BCUT2D eigenvalue weighted by Gasteiger charge is -2.53. The number of hydrogen-bond acceptors (Lipinski definition) is 3. The molecule has 3 atom stereocenters. The van der Waals surface area contributed by atoms with E-state index >= 15 is 0 Å². The van der Waals surface area contributed by atoms with Gasteiger partial charge >= 0.3 is 6.09 Å². The number of aliphatic hydroxyl groups is 1. The Labute approximate surface area is 147 Å². The third-order valence-electron chi connectivity index (χ3n) is 5.97. The summed E-state index contributed by atoms with van der Waals surface area (Å²) in [6.07, 6.45) is 1.87. The average molecular weight is 335 g/mol. The number of amides is 1. The van der Waals surface area contributed by atoms with Crippen molar-refractivity contribution < 1.29 is 14.6 Å². The van der Waals surface area contributed by atoms with Crippen LogP contribution < -0.4 is 0 Å². The van der Waals surface area contributed by atoms with Gasteiger partial charge in [-0.2, -0.15) is 0 Å². The molecule has 2 saturated heterocycles. The monoisotopic (exact) mass is 335 g/mol. The van der Waals surface area contributed by atoms with E-state index in [4.69, 9.17) is 4.74 Å². The van der Waals surface area contributed by atoms with Crippen molar-refractivity contribution in [1.29, 1.82) is 0 Å². The van der Waals surface area contributed by atoms with Crippen molar-refractivity contribution in [2.75, 3.05) is 6.61 Å². The van der Waals surface area contributed by atoms with Gasteiger partial charge in [-0.05, 0) is 41.5 Å². The summed E-state index contributed by atoms with van der Waals surface area (Å²) in [7, 11) is 0. The molecule has 4 heteroatoms. The Morgan fingerprint density at radius 1 is 0.960 bits per heavy atom. The van der Waals surface area contributed by atoms with Crippen LogP contribution in [-0.4, -0.2) is 40.9 Å². The van der Waals surface area contributed by atoms with Crippen LogP contribution in [-0.2, 0) is 4.74 Å². The topological polar surface area (TPSA) is 49.8 Å². The van der Waals surface area contributed by atoms with Gasteiger partial charge in [0.15, 0.2) is 0 Å². The fourth-order valence-corrected chi connectivity index (χ4v) is 4.81. The smallest absolute Gasteiger partial charge is 0.410 e. The van der Waals surface area contributed by atoms with Crippen LogP contribution in [0.3, 0.4) is 0 Å². The highest BCUT2D eigenvalue weighted by atomic mass is 16.6. The Balaban J connectivity index is 1.34. The lowest BCUT2D eigenvalue weighted by molar-refractivity contribution is -0.0704. The standard InChI is InChI=1S/C21H21NO3/c23-15-10-13-9-14(11-15)22(13)21(24)25-12-20-18-7-3-1-5-16(18)17-6-2-4-8-19(17)20/h1-8,13-15,20,23H,9-12H2/t13-,14+,15?. The highest BCUT2D eigenvalue weighted by Crippen LogP contribution is 2.45. The van der Waals surface area contributed by atoms with Gasteiger partial charge in [-0.15, -0.1) is 0 Å². The Morgan fingerprint density at radius 3 is 2.12 bits per heavy atom. The van der Waals surface area contributed by atoms with Crippen molar-refractivity contribution in [2.24, 2.45) is 0 Å². The maximum absolute atomic E-state index is 12.5. The van der Waals surface area contributed by atoms with E-state index in [0.717, 1.165) is 6.42 Å². The van der Waals surface area contributed by atoms with Crippen molar-refractivity contribution in [1.82, 2.24) is 4.90 Å². The number of aliphatic hydroxyl groups excluding tert-OH is 1. The first-order valence-electron chi connectivity index (χ1n) is 9.03. The molecule has 128 valence electrons. The molecular formula is C21H21NO3. The van der Waals surface area contributed by atoms with Crippen LogP contribution in [0.1, 0.15) is 36.3 Å². The zero-order valence-electron chi connectivity index (χ0n) is 14.0. The van der Waals surface area contributed by atoms with Gasteiger partial charge in [0, 0.05) is 18.0 Å². The van der Waals surface area contributed by atoms with E-state index in [1.54, 1.807) is 0 Å². The molecule has 5 rings (SSSR count). The molecular weight excluding hydrogens is 314 g/mol. The molecule has 0 saturated carbocycles. The third kappa shape index (κ3) is 2.28. The van der Waals surface area contributed by atoms with Crippen LogP contribution in [0.2, 0.25) is 0 Å². The molecule has 1 aliphatic carbocycles. The normalized spacial score (nSPS) is 26.6.